The maximum Gasteiger partial charge on any atom is 0.272 e. The zero-order chi connectivity index (χ0) is 26.9. The van der Waals surface area contributed by atoms with E-state index in [-0.39, 0.29) is 29.3 Å². The van der Waals surface area contributed by atoms with E-state index in [1.165, 1.54) is 10.7 Å². The second-order valence-electron chi connectivity index (χ2n) is 8.84. The normalized spacial score (nSPS) is 14.3. The Morgan fingerprint density at radius 3 is 2.65 bits per heavy atom. The number of nitrogens with one attached hydrogen (secondary N) is 2. The number of hydrogen-bond donors (Lipinski definition) is 2. The van der Waals surface area contributed by atoms with Crippen LogP contribution in [0, 0.1) is 17.0 Å². The third-order valence-electron chi connectivity index (χ3n) is 5.85. The van der Waals surface area contributed by atoms with Crippen molar-refractivity contribution in [1.82, 2.24) is 19.8 Å². The van der Waals surface area contributed by atoms with Crippen LogP contribution < -0.4 is 14.8 Å². The van der Waals surface area contributed by atoms with Gasteiger partial charge in [-0.1, -0.05) is 24.6 Å². The van der Waals surface area contributed by atoms with E-state index in [9.17, 15) is 23.3 Å². The summed E-state index contributed by atoms with van der Waals surface area (Å²) in [4.78, 5) is 23.2. The summed E-state index contributed by atoms with van der Waals surface area (Å²) in [6, 6.07) is 9.64. The van der Waals surface area contributed by atoms with E-state index in [4.69, 9.17) is 16.3 Å². The van der Waals surface area contributed by atoms with E-state index in [1.54, 1.807) is 45.0 Å². The SMILES string of the molecule is CC[C@H](C)NS(=O)(=O)c1cc([N+](=O)[O-])ccc1Oc1c(C)c(C(=O)NC2CC2)nn1-c1cccc(Cl)c1. The van der Waals surface area contributed by atoms with Crippen LogP contribution in [0.4, 0.5) is 5.69 Å². The maximum atomic E-state index is 13.2. The molecule has 0 spiro atoms. The minimum Gasteiger partial charge on any atom is -0.437 e. The summed E-state index contributed by atoms with van der Waals surface area (Å²) in [5, 5.41) is 19.1. The second-order valence-corrected chi connectivity index (χ2v) is 11.0. The molecule has 1 aliphatic rings. The van der Waals surface area contributed by atoms with E-state index in [1.807, 2.05) is 0 Å². The third-order valence-corrected chi connectivity index (χ3v) is 7.70. The summed E-state index contributed by atoms with van der Waals surface area (Å²) in [6.07, 6.45) is 2.27. The van der Waals surface area contributed by atoms with Crippen molar-refractivity contribution in [3.05, 3.63) is 68.9 Å². The molecular formula is C24H26ClN5O6S. The number of rotatable bonds is 10. The molecule has 1 amide bonds. The summed E-state index contributed by atoms with van der Waals surface area (Å²) in [5.74, 6) is -0.487. The summed E-state index contributed by atoms with van der Waals surface area (Å²) >= 11 is 6.18. The van der Waals surface area contributed by atoms with E-state index >= 15 is 0 Å². The van der Waals surface area contributed by atoms with Crippen molar-refractivity contribution in [3.8, 4) is 17.3 Å². The molecule has 1 heterocycles. The van der Waals surface area contributed by atoms with Crippen molar-refractivity contribution >= 4 is 33.2 Å². The highest BCUT2D eigenvalue weighted by molar-refractivity contribution is 7.89. The molecule has 0 bridgehead atoms. The Morgan fingerprint density at radius 1 is 1.30 bits per heavy atom. The molecule has 1 aliphatic carbocycles. The third kappa shape index (κ3) is 5.92. The number of ether oxygens (including phenoxy) is 1. The standard InChI is InChI=1S/C24H26ClN5O6S/c1-4-14(2)28-37(34,35)21-13-19(30(32)33)10-11-20(21)36-24-15(3)22(23(31)26-17-8-9-17)27-29(24)18-7-5-6-16(25)12-18/h5-7,10-14,17,28H,4,8-9H2,1-3H3,(H,26,31)/t14-/m0/s1. The van der Waals surface area contributed by atoms with Gasteiger partial charge in [-0.15, -0.1) is 0 Å². The highest BCUT2D eigenvalue weighted by Crippen LogP contribution is 2.36. The van der Waals surface area contributed by atoms with Crippen LogP contribution in [-0.2, 0) is 10.0 Å². The fourth-order valence-corrected chi connectivity index (χ4v) is 5.16. The van der Waals surface area contributed by atoms with Crippen molar-refractivity contribution < 1.29 is 22.9 Å². The molecule has 2 N–H and O–H groups in total. The molecule has 1 fully saturated rings. The number of carbonyl (C=O) groups is 1. The Bertz CT molecular complexity index is 1470. The molecule has 3 aromatic rings. The summed E-state index contributed by atoms with van der Waals surface area (Å²) in [7, 11) is -4.20. The lowest BCUT2D eigenvalue weighted by atomic mass is 10.2. The Labute approximate surface area is 219 Å². The number of non-ortho nitro benzene ring substituents is 1. The number of sulfonamides is 1. The topological polar surface area (TPSA) is 145 Å². The van der Waals surface area contributed by atoms with Gasteiger partial charge in [0.1, 0.15) is 10.6 Å². The number of carbonyl (C=O) groups excluding carboxylic acids is 1. The van der Waals surface area contributed by atoms with Gasteiger partial charge in [0.25, 0.3) is 11.6 Å². The quantitative estimate of drug-likeness (QED) is 0.280. The Kier molecular flexibility index (Phi) is 7.53. The minimum atomic E-state index is -4.20. The zero-order valence-corrected chi connectivity index (χ0v) is 22.0. The number of halogens is 1. The van der Waals surface area contributed by atoms with Gasteiger partial charge in [0, 0.05) is 34.8 Å². The number of amides is 1. The molecule has 1 atom stereocenters. The Hall–Kier alpha value is -3.48. The Balaban J connectivity index is 1.85. The largest absolute Gasteiger partial charge is 0.437 e. The van der Waals surface area contributed by atoms with Gasteiger partial charge in [-0.05, 0) is 57.4 Å². The number of hydrogen-bond acceptors (Lipinski definition) is 7. The first-order valence-corrected chi connectivity index (χ1v) is 13.5. The molecule has 11 nitrogen and oxygen atoms in total. The van der Waals surface area contributed by atoms with E-state index < -0.39 is 31.6 Å². The molecule has 1 aromatic heterocycles. The average Bonchev–Trinajstić information content (AvgIpc) is 3.60. The fourth-order valence-electron chi connectivity index (χ4n) is 3.50. The first-order valence-electron chi connectivity index (χ1n) is 11.6. The van der Waals surface area contributed by atoms with E-state index in [0.29, 0.717) is 22.7 Å². The average molecular weight is 548 g/mol. The number of benzene rings is 2. The smallest absolute Gasteiger partial charge is 0.272 e. The molecule has 0 unspecified atom stereocenters. The Morgan fingerprint density at radius 2 is 2.03 bits per heavy atom. The van der Waals surface area contributed by atoms with Crippen molar-refractivity contribution in [1.29, 1.82) is 0 Å². The van der Waals surface area contributed by atoms with Crippen LogP contribution in [-0.4, -0.2) is 41.1 Å². The lowest BCUT2D eigenvalue weighted by Crippen LogP contribution is -2.32. The number of nitro benzene ring substituents is 1. The van der Waals surface area contributed by atoms with Crippen molar-refractivity contribution in [2.75, 3.05) is 0 Å². The number of nitrogens with zero attached hydrogens (tertiary/aromatic N) is 3. The van der Waals surface area contributed by atoms with E-state index in [0.717, 1.165) is 25.0 Å². The lowest BCUT2D eigenvalue weighted by molar-refractivity contribution is -0.385. The monoisotopic (exact) mass is 547 g/mol. The first-order chi connectivity index (χ1) is 17.5. The lowest BCUT2D eigenvalue weighted by Gasteiger charge is -2.16. The van der Waals surface area contributed by atoms with Gasteiger partial charge in [-0.2, -0.15) is 9.78 Å². The van der Waals surface area contributed by atoms with Gasteiger partial charge >= 0.3 is 0 Å². The van der Waals surface area contributed by atoms with Gasteiger partial charge in [0.2, 0.25) is 15.9 Å². The maximum absolute atomic E-state index is 13.2. The molecule has 0 radical (unpaired) electrons. The van der Waals surface area contributed by atoms with Crippen molar-refractivity contribution in [2.24, 2.45) is 0 Å². The summed E-state index contributed by atoms with van der Waals surface area (Å²) in [6.45, 7) is 5.11. The van der Waals surface area contributed by atoms with Gasteiger partial charge in [0.05, 0.1) is 10.6 Å². The van der Waals surface area contributed by atoms with Crippen LogP contribution in [0.5, 0.6) is 11.6 Å². The van der Waals surface area contributed by atoms with Crippen LogP contribution in [0.2, 0.25) is 5.02 Å². The predicted octanol–water partition coefficient (Wildman–Crippen LogP) is 4.50. The minimum absolute atomic E-state index is 0.0667. The van der Waals surface area contributed by atoms with Crippen molar-refractivity contribution in [3.63, 3.8) is 0 Å². The zero-order valence-electron chi connectivity index (χ0n) is 20.4. The number of aromatic nitrogens is 2. The second kappa shape index (κ2) is 10.5. The molecule has 0 saturated heterocycles. The molecular weight excluding hydrogens is 522 g/mol. The molecule has 196 valence electrons. The highest BCUT2D eigenvalue weighted by Gasteiger charge is 2.30. The van der Waals surface area contributed by atoms with Crippen molar-refractivity contribution in [2.45, 2.75) is 57.0 Å². The van der Waals surface area contributed by atoms with Crippen LogP contribution in [0.15, 0.2) is 47.4 Å². The fraction of sp³-hybridized carbons (Fsp3) is 0.333. The number of nitro groups is 1. The summed E-state index contributed by atoms with van der Waals surface area (Å²) < 4.78 is 36.3. The van der Waals surface area contributed by atoms with Gasteiger partial charge in [0.15, 0.2) is 5.69 Å². The highest BCUT2D eigenvalue weighted by atomic mass is 35.5. The molecule has 1 saturated carbocycles. The van der Waals surface area contributed by atoms with Crippen LogP contribution in [0.1, 0.15) is 49.2 Å². The van der Waals surface area contributed by atoms with E-state index in [2.05, 4.69) is 15.1 Å². The molecule has 13 heteroatoms. The molecule has 2 aromatic carbocycles. The van der Waals surface area contributed by atoms with Gasteiger partial charge in [-0.25, -0.2) is 13.1 Å². The van der Waals surface area contributed by atoms with Crippen LogP contribution in [0.3, 0.4) is 0 Å². The molecule has 0 aliphatic heterocycles. The first kappa shape index (κ1) is 26.6. The predicted molar refractivity (Wildman–Crippen MR) is 137 cm³/mol. The summed E-state index contributed by atoms with van der Waals surface area (Å²) in [5.41, 5.74) is 0.516. The van der Waals surface area contributed by atoms with Gasteiger partial charge in [-0.3, -0.25) is 14.9 Å². The molecule has 37 heavy (non-hydrogen) atoms. The molecule has 4 rings (SSSR count). The van der Waals surface area contributed by atoms with Crippen LogP contribution in [0.25, 0.3) is 5.69 Å². The van der Waals surface area contributed by atoms with Gasteiger partial charge < -0.3 is 10.1 Å². The van der Waals surface area contributed by atoms with Crippen LogP contribution >= 0.6 is 11.6 Å².